The van der Waals surface area contributed by atoms with Gasteiger partial charge in [0.15, 0.2) is 0 Å². The highest BCUT2D eigenvalue weighted by Gasteiger charge is 2.21. The van der Waals surface area contributed by atoms with Gasteiger partial charge in [-0.05, 0) is 25.3 Å². The van der Waals surface area contributed by atoms with Gasteiger partial charge in [0.05, 0.1) is 19.3 Å². The van der Waals surface area contributed by atoms with Gasteiger partial charge in [0.1, 0.15) is 0 Å². The number of ether oxygens (including phenoxy) is 1. The van der Waals surface area contributed by atoms with Gasteiger partial charge in [-0.3, -0.25) is 0 Å². The van der Waals surface area contributed by atoms with Crippen LogP contribution < -0.4 is 5.32 Å². The molecule has 1 aliphatic carbocycles. The molecule has 58 valence electrons. The van der Waals surface area contributed by atoms with Crippen molar-refractivity contribution >= 4 is 0 Å². The van der Waals surface area contributed by atoms with Crippen LogP contribution in [0.15, 0.2) is 0 Å². The molecule has 1 heterocycles. The molecule has 2 nitrogen and oxygen atoms in total. The van der Waals surface area contributed by atoms with Crippen LogP contribution in [0.5, 0.6) is 0 Å². The lowest BCUT2D eigenvalue weighted by Gasteiger charge is -2.32. The van der Waals surface area contributed by atoms with Crippen LogP contribution in [0, 0.1) is 5.92 Å². The molecule has 2 rings (SSSR count). The van der Waals surface area contributed by atoms with E-state index < -0.39 is 0 Å². The first kappa shape index (κ1) is 6.62. The predicted octanol–water partition coefficient (Wildman–Crippen LogP) is 0.775. The van der Waals surface area contributed by atoms with E-state index in [-0.39, 0.29) is 0 Å². The molecule has 1 saturated heterocycles. The van der Waals surface area contributed by atoms with E-state index in [1.807, 2.05) is 0 Å². The zero-order valence-corrected chi connectivity index (χ0v) is 6.31. The summed E-state index contributed by atoms with van der Waals surface area (Å²) in [6.45, 7) is 3.10. The summed E-state index contributed by atoms with van der Waals surface area (Å²) in [7, 11) is 0. The van der Waals surface area contributed by atoms with Crippen molar-refractivity contribution in [3.8, 4) is 0 Å². The Morgan fingerprint density at radius 3 is 2.50 bits per heavy atom. The Morgan fingerprint density at radius 1 is 1.30 bits per heavy atom. The molecule has 0 aromatic heterocycles. The van der Waals surface area contributed by atoms with Gasteiger partial charge < -0.3 is 10.1 Å². The summed E-state index contributed by atoms with van der Waals surface area (Å²) in [5.74, 6) is 0.987. The van der Waals surface area contributed by atoms with Crippen molar-refractivity contribution in [2.24, 2.45) is 5.92 Å². The van der Waals surface area contributed by atoms with Crippen LogP contribution >= 0.6 is 0 Å². The molecule has 0 radical (unpaired) electrons. The average molecular weight is 141 g/mol. The highest BCUT2D eigenvalue weighted by atomic mass is 16.5. The Labute approximate surface area is 61.9 Å². The predicted molar refractivity (Wildman–Crippen MR) is 40.0 cm³/mol. The molecular weight excluding hydrogens is 126 g/mol. The molecule has 2 aliphatic rings. The molecule has 1 N–H and O–H groups in total. The van der Waals surface area contributed by atoms with Crippen LogP contribution in [0.2, 0.25) is 0 Å². The van der Waals surface area contributed by atoms with Crippen molar-refractivity contribution in [2.45, 2.75) is 25.3 Å². The normalized spacial score (nSPS) is 27.6. The van der Waals surface area contributed by atoms with Gasteiger partial charge in [-0.25, -0.2) is 0 Å². The maximum absolute atomic E-state index is 5.06. The molecule has 0 unspecified atom stereocenters. The summed E-state index contributed by atoms with van der Waals surface area (Å²) in [6, 6.07) is 0.681. The molecule has 1 aliphatic heterocycles. The Morgan fingerprint density at radius 2 is 2.10 bits per heavy atom. The van der Waals surface area contributed by atoms with Gasteiger partial charge in [-0.2, -0.15) is 0 Å². The van der Waals surface area contributed by atoms with Gasteiger partial charge in [0.2, 0.25) is 0 Å². The Kier molecular flexibility index (Phi) is 1.91. The van der Waals surface area contributed by atoms with Crippen molar-refractivity contribution in [3.63, 3.8) is 0 Å². The first-order valence-electron chi connectivity index (χ1n) is 4.26. The zero-order valence-electron chi connectivity index (χ0n) is 6.31. The standard InChI is InChI=1S/C8H15NO/c1-2-7(3-1)4-9-8-5-10-6-8/h7-9H,1-6H2. The summed E-state index contributed by atoms with van der Waals surface area (Å²) in [5, 5.41) is 3.50. The molecule has 0 aromatic carbocycles. The molecule has 0 aromatic rings. The van der Waals surface area contributed by atoms with Crippen LogP contribution in [-0.4, -0.2) is 25.8 Å². The van der Waals surface area contributed by atoms with E-state index in [9.17, 15) is 0 Å². The summed E-state index contributed by atoms with van der Waals surface area (Å²) < 4.78 is 5.06. The number of rotatable bonds is 3. The van der Waals surface area contributed by atoms with Crippen molar-refractivity contribution in [3.05, 3.63) is 0 Å². The molecule has 1 saturated carbocycles. The maximum Gasteiger partial charge on any atom is 0.0643 e. The van der Waals surface area contributed by atoms with E-state index in [4.69, 9.17) is 4.74 Å². The molecule has 0 atom stereocenters. The lowest BCUT2D eigenvalue weighted by Crippen LogP contribution is -2.48. The van der Waals surface area contributed by atoms with Crippen molar-refractivity contribution in [2.75, 3.05) is 19.8 Å². The molecule has 10 heavy (non-hydrogen) atoms. The molecular formula is C8H15NO. The minimum absolute atomic E-state index is 0.681. The van der Waals surface area contributed by atoms with E-state index in [1.54, 1.807) is 0 Å². The fourth-order valence-electron chi connectivity index (χ4n) is 1.38. The fraction of sp³-hybridized carbons (Fsp3) is 1.00. The van der Waals surface area contributed by atoms with Crippen molar-refractivity contribution < 1.29 is 4.74 Å². The van der Waals surface area contributed by atoms with Gasteiger partial charge in [-0.15, -0.1) is 0 Å². The summed E-state index contributed by atoms with van der Waals surface area (Å²) in [5.41, 5.74) is 0. The smallest absolute Gasteiger partial charge is 0.0643 e. The molecule has 0 spiro atoms. The second kappa shape index (κ2) is 2.89. The second-order valence-corrected chi connectivity index (χ2v) is 3.44. The summed E-state index contributed by atoms with van der Waals surface area (Å²) in [4.78, 5) is 0. The second-order valence-electron chi connectivity index (χ2n) is 3.44. The molecule has 2 fully saturated rings. The average Bonchev–Trinajstić information content (AvgIpc) is 1.70. The maximum atomic E-state index is 5.06. The lowest BCUT2D eigenvalue weighted by molar-refractivity contribution is -0.00784. The highest BCUT2D eigenvalue weighted by Crippen LogP contribution is 2.25. The highest BCUT2D eigenvalue weighted by molar-refractivity contribution is 4.77. The summed E-state index contributed by atoms with van der Waals surface area (Å²) >= 11 is 0. The Balaban J connectivity index is 1.54. The first-order chi connectivity index (χ1) is 4.95. The number of hydrogen-bond donors (Lipinski definition) is 1. The van der Waals surface area contributed by atoms with Crippen molar-refractivity contribution in [1.29, 1.82) is 0 Å². The monoisotopic (exact) mass is 141 g/mol. The minimum Gasteiger partial charge on any atom is -0.378 e. The van der Waals surface area contributed by atoms with Gasteiger partial charge in [0, 0.05) is 0 Å². The van der Waals surface area contributed by atoms with Crippen LogP contribution in [0.25, 0.3) is 0 Å². The van der Waals surface area contributed by atoms with E-state index in [0.717, 1.165) is 19.1 Å². The molecule has 2 heteroatoms. The fourth-order valence-corrected chi connectivity index (χ4v) is 1.38. The first-order valence-corrected chi connectivity index (χ1v) is 4.26. The zero-order chi connectivity index (χ0) is 6.81. The molecule has 0 bridgehead atoms. The molecule has 0 amide bonds. The van der Waals surface area contributed by atoms with Crippen LogP contribution in [0.1, 0.15) is 19.3 Å². The van der Waals surface area contributed by atoms with Gasteiger partial charge in [-0.1, -0.05) is 6.42 Å². The Bertz CT molecular complexity index is 93.8. The van der Waals surface area contributed by atoms with Crippen LogP contribution in [-0.2, 0) is 4.74 Å². The van der Waals surface area contributed by atoms with Gasteiger partial charge in [0.25, 0.3) is 0 Å². The number of hydrogen-bond acceptors (Lipinski definition) is 2. The van der Waals surface area contributed by atoms with E-state index in [2.05, 4.69) is 5.32 Å². The topological polar surface area (TPSA) is 21.3 Å². The van der Waals surface area contributed by atoms with E-state index in [1.165, 1.54) is 25.8 Å². The minimum atomic E-state index is 0.681. The third-order valence-corrected chi connectivity index (χ3v) is 2.56. The quantitative estimate of drug-likeness (QED) is 0.627. The van der Waals surface area contributed by atoms with Crippen molar-refractivity contribution in [1.82, 2.24) is 5.32 Å². The number of nitrogens with one attached hydrogen (secondary N) is 1. The largest absolute Gasteiger partial charge is 0.378 e. The van der Waals surface area contributed by atoms with Crippen LogP contribution in [0.4, 0.5) is 0 Å². The Hall–Kier alpha value is -0.0800. The third-order valence-electron chi connectivity index (χ3n) is 2.56. The SMILES string of the molecule is C1CC(CNC2COC2)C1. The summed E-state index contributed by atoms with van der Waals surface area (Å²) in [6.07, 6.45) is 4.34. The van der Waals surface area contributed by atoms with Crippen LogP contribution in [0.3, 0.4) is 0 Å². The van der Waals surface area contributed by atoms with Gasteiger partial charge >= 0.3 is 0 Å². The van der Waals surface area contributed by atoms with E-state index >= 15 is 0 Å². The van der Waals surface area contributed by atoms with E-state index in [0.29, 0.717) is 6.04 Å². The lowest BCUT2D eigenvalue weighted by atomic mass is 9.85. The third kappa shape index (κ3) is 1.32.